The molecule has 1 aromatic heterocycles. The zero-order chi connectivity index (χ0) is 46.5. The summed E-state index contributed by atoms with van der Waals surface area (Å²) < 4.78 is 36.9. The van der Waals surface area contributed by atoms with E-state index < -0.39 is 102 Å². The lowest BCUT2D eigenvalue weighted by molar-refractivity contribution is -0.354. The number of rotatable bonds is 13. The average Bonchev–Trinajstić information content (AvgIpc) is 3.82. The van der Waals surface area contributed by atoms with Gasteiger partial charge >= 0.3 is 5.97 Å². The minimum Gasteiger partial charge on any atom is -0.508 e. The van der Waals surface area contributed by atoms with Gasteiger partial charge in [-0.25, -0.2) is 9.48 Å². The number of benzene rings is 3. The maximum atomic E-state index is 13.2. The van der Waals surface area contributed by atoms with Crippen LogP contribution in [0.1, 0.15) is 75.6 Å². The van der Waals surface area contributed by atoms with Gasteiger partial charge < -0.3 is 69.0 Å². The number of aliphatic hydroxyl groups excluding tert-OH is 5. The molecule has 0 bridgehead atoms. The van der Waals surface area contributed by atoms with Gasteiger partial charge in [-0.3, -0.25) is 14.4 Å². The number of imide groups is 1. The Morgan fingerprint density at radius 3 is 2.25 bits per heavy atom. The van der Waals surface area contributed by atoms with Crippen LogP contribution in [0.3, 0.4) is 0 Å². The molecular formula is C43H46N4O18. The van der Waals surface area contributed by atoms with Crippen LogP contribution in [-0.2, 0) is 41.7 Å². The summed E-state index contributed by atoms with van der Waals surface area (Å²) >= 11 is 0. The fourth-order valence-corrected chi connectivity index (χ4v) is 7.67. The predicted molar refractivity (Wildman–Crippen MR) is 214 cm³/mol. The molecule has 2 fully saturated rings. The quantitative estimate of drug-likeness (QED) is 0.0895. The molecule has 3 aromatic carbocycles. The lowest BCUT2D eigenvalue weighted by Gasteiger charge is -2.45. The van der Waals surface area contributed by atoms with E-state index in [9.17, 15) is 54.9 Å². The molecule has 0 saturated carbocycles. The van der Waals surface area contributed by atoms with Crippen LogP contribution in [0.15, 0.2) is 66.9 Å². The second kappa shape index (κ2) is 18.1. The Morgan fingerprint density at radius 1 is 0.862 bits per heavy atom. The van der Waals surface area contributed by atoms with E-state index in [1.165, 1.54) is 62.0 Å². The second-order valence-electron chi connectivity index (χ2n) is 16.7. The van der Waals surface area contributed by atoms with Crippen molar-refractivity contribution in [3.63, 3.8) is 0 Å². The first-order chi connectivity index (χ1) is 30.9. The first-order valence-corrected chi connectivity index (χ1v) is 20.5. The van der Waals surface area contributed by atoms with Crippen LogP contribution < -0.4 is 9.47 Å². The van der Waals surface area contributed by atoms with Gasteiger partial charge in [-0.15, -0.1) is 5.10 Å². The average molecular weight is 907 g/mol. The van der Waals surface area contributed by atoms with Crippen molar-refractivity contribution in [3.05, 3.63) is 94.8 Å². The second-order valence-corrected chi connectivity index (χ2v) is 16.7. The topological polar surface area (TPSA) is 308 Å². The smallest absolute Gasteiger partial charge is 0.341 e. The number of carbonyl (C=O) groups is 4. The molecule has 346 valence electrons. The maximum Gasteiger partial charge on any atom is 0.341 e. The molecule has 22 nitrogen and oxygen atoms in total. The van der Waals surface area contributed by atoms with Crippen molar-refractivity contribution < 1.29 is 88.2 Å². The standard InChI is InChI=1S/C43H46N4O18/c1-19-32(51)34(53)36(55)40(60-19)64-37-35(54)33(52)30(63-41(37)61-23-12-26(49)31-27(50)14-28(62-29(31)13-23)20-8-10-22(48)11-9-20)16-46-15-21(44-45-46)17-59-18-43(2,3)42(58)65-47-38(56)24-6-4-5-7-25(24)39(47)57/h4-13,15,19,28,30,32-37,40-41,48-49,51-55H,14,16-18H2,1-3H3/t19-,28?,30+,32-,33+,34+,35-,36+,37+,40-,41+/m0/s1. The third-order valence-corrected chi connectivity index (χ3v) is 11.4. The van der Waals surface area contributed by atoms with E-state index in [1.54, 1.807) is 24.3 Å². The Bertz CT molecular complexity index is 2410. The van der Waals surface area contributed by atoms with Gasteiger partial charge in [0.2, 0.25) is 6.29 Å². The number of hydroxylamine groups is 2. The predicted octanol–water partition coefficient (Wildman–Crippen LogP) is 0.431. The molecular weight excluding hydrogens is 860 g/mol. The first-order valence-electron chi connectivity index (χ1n) is 20.5. The summed E-state index contributed by atoms with van der Waals surface area (Å²) in [5, 5.41) is 83.6. The van der Waals surface area contributed by atoms with E-state index in [2.05, 4.69) is 10.3 Å². The van der Waals surface area contributed by atoms with E-state index in [-0.39, 0.29) is 65.8 Å². The molecule has 0 aliphatic carbocycles. The number of carbonyl (C=O) groups excluding carboxylic acids is 4. The highest BCUT2D eigenvalue weighted by Crippen LogP contribution is 2.43. The van der Waals surface area contributed by atoms with Crippen molar-refractivity contribution in [2.24, 2.45) is 5.41 Å². The SMILES string of the molecule is C[C@@H]1O[C@@H](O[C@H]2[C@H](Oc3cc(O)c4c(c3)OC(c3ccc(O)cc3)CC4=O)O[C@H](Cn3cc(COCC(C)(C)C(=O)ON4C(=O)c5ccccc5C4=O)nn3)[C@@H](O)[C@@H]2O)[C@H](O)[C@H](O)[C@H]1O. The molecule has 2 amide bonds. The van der Waals surface area contributed by atoms with Gasteiger partial charge in [-0.1, -0.05) is 34.5 Å². The first kappa shape index (κ1) is 45.5. The van der Waals surface area contributed by atoms with Crippen molar-refractivity contribution in [3.8, 4) is 23.0 Å². The number of hydrogen-bond acceptors (Lipinski definition) is 20. The summed E-state index contributed by atoms with van der Waals surface area (Å²) in [6.07, 6.45) is -15.4. The Morgan fingerprint density at radius 2 is 1.55 bits per heavy atom. The Labute approximate surface area is 368 Å². The maximum absolute atomic E-state index is 13.2. The van der Waals surface area contributed by atoms with Gasteiger partial charge in [-0.2, -0.15) is 0 Å². The molecule has 4 aliphatic rings. The molecule has 5 heterocycles. The van der Waals surface area contributed by atoms with E-state index in [4.69, 9.17) is 33.3 Å². The number of aromatic nitrogens is 3. The van der Waals surface area contributed by atoms with Crippen LogP contribution in [0.5, 0.6) is 23.0 Å². The number of aliphatic hydroxyl groups is 5. The summed E-state index contributed by atoms with van der Waals surface area (Å²) in [6.45, 7) is 3.73. The summed E-state index contributed by atoms with van der Waals surface area (Å²) in [6, 6.07) is 14.5. The Balaban J connectivity index is 0.954. The molecule has 8 rings (SSSR count). The molecule has 65 heavy (non-hydrogen) atoms. The molecule has 2 saturated heterocycles. The fourth-order valence-electron chi connectivity index (χ4n) is 7.67. The number of amides is 2. The van der Waals surface area contributed by atoms with Gasteiger partial charge in [0.15, 0.2) is 18.2 Å². The third-order valence-electron chi connectivity index (χ3n) is 11.4. The van der Waals surface area contributed by atoms with Crippen molar-refractivity contribution in [1.82, 2.24) is 20.1 Å². The number of fused-ring (bicyclic) bond motifs is 2. The van der Waals surface area contributed by atoms with Crippen LogP contribution in [0.2, 0.25) is 0 Å². The number of aromatic hydroxyl groups is 2. The van der Waals surface area contributed by atoms with Gasteiger partial charge in [-0.05, 0) is 50.6 Å². The molecule has 4 aromatic rings. The lowest BCUT2D eigenvalue weighted by atomic mass is 9.95. The number of hydrogen-bond donors (Lipinski definition) is 7. The summed E-state index contributed by atoms with van der Waals surface area (Å²) in [5.41, 5.74) is -0.413. The number of nitrogens with zero attached hydrogens (tertiary/aromatic N) is 4. The van der Waals surface area contributed by atoms with Crippen LogP contribution in [0.4, 0.5) is 0 Å². The lowest BCUT2D eigenvalue weighted by Crippen LogP contribution is -2.64. The third kappa shape index (κ3) is 9.12. The van der Waals surface area contributed by atoms with Gasteiger partial charge in [0, 0.05) is 12.1 Å². The fraction of sp³-hybridized carbons (Fsp3) is 0.442. The van der Waals surface area contributed by atoms with Gasteiger partial charge in [0.05, 0.1) is 55.0 Å². The molecule has 22 heteroatoms. The molecule has 1 unspecified atom stereocenters. The van der Waals surface area contributed by atoms with E-state index in [0.717, 1.165) is 6.07 Å². The molecule has 11 atom stereocenters. The number of ether oxygens (including phenoxy) is 6. The van der Waals surface area contributed by atoms with Gasteiger partial charge in [0.25, 0.3) is 11.8 Å². The number of phenols is 2. The van der Waals surface area contributed by atoms with Crippen LogP contribution in [0.25, 0.3) is 0 Å². The number of phenolic OH excluding ortho intramolecular Hbond substituents is 2. The summed E-state index contributed by atoms with van der Waals surface area (Å²) in [7, 11) is 0. The zero-order valence-corrected chi connectivity index (χ0v) is 34.9. The van der Waals surface area contributed by atoms with Crippen LogP contribution in [0, 0.1) is 5.41 Å². The molecule has 0 radical (unpaired) electrons. The monoisotopic (exact) mass is 906 g/mol. The highest BCUT2D eigenvalue weighted by atomic mass is 16.8. The van der Waals surface area contributed by atoms with Crippen molar-refractivity contribution in [1.29, 1.82) is 0 Å². The molecule has 0 spiro atoms. The zero-order valence-electron chi connectivity index (χ0n) is 34.9. The minimum absolute atomic E-state index is 0.00619. The van der Waals surface area contributed by atoms with Crippen molar-refractivity contribution in [2.75, 3.05) is 6.61 Å². The largest absolute Gasteiger partial charge is 0.508 e. The Hall–Kier alpha value is -6.08. The highest BCUT2D eigenvalue weighted by molar-refractivity contribution is 6.21. The summed E-state index contributed by atoms with van der Waals surface area (Å²) in [4.78, 5) is 56.8. The van der Waals surface area contributed by atoms with E-state index in [1.807, 2.05) is 0 Å². The van der Waals surface area contributed by atoms with E-state index in [0.29, 0.717) is 10.6 Å². The van der Waals surface area contributed by atoms with E-state index >= 15 is 0 Å². The van der Waals surface area contributed by atoms with Crippen molar-refractivity contribution in [2.45, 2.75) is 108 Å². The number of Topliss-reactive ketones (excluding diaryl/α,β-unsaturated/α-hetero) is 1. The summed E-state index contributed by atoms with van der Waals surface area (Å²) in [5.74, 6) is -3.60. The van der Waals surface area contributed by atoms with Gasteiger partial charge in [0.1, 0.15) is 77.0 Å². The van der Waals surface area contributed by atoms with Crippen LogP contribution >= 0.6 is 0 Å². The molecule has 4 aliphatic heterocycles. The Kier molecular flexibility index (Phi) is 12.6. The molecule has 7 N–H and O–H groups in total. The number of ketones is 1. The minimum atomic E-state index is -1.84. The normalized spacial score (nSPS) is 29.0. The van der Waals surface area contributed by atoms with Crippen LogP contribution in [-0.4, -0.2) is 147 Å². The highest BCUT2D eigenvalue weighted by Gasteiger charge is 2.51. The van der Waals surface area contributed by atoms with Crippen molar-refractivity contribution >= 4 is 23.6 Å².